The van der Waals surface area contributed by atoms with Crippen LogP contribution in [0.5, 0.6) is 0 Å². The van der Waals surface area contributed by atoms with Crippen LogP contribution in [-0.4, -0.2) is 0 Å². The van der Waals surface area contributed by atoms with Gasteiger partial charge in [0.1, 0.15) is 0 Å². The summed E-state index contributed by atoms with van der Waals surface area (Å²) in [5.41, 5.74) is 7.63. The van der Waals surface area contributed by atoms with Gasteiger partial charge in [0.2, 0.25) is 0 Å². The molecule has 2 aromatic rings. The van der Waals surface area contributed by atoms with Gasteiger partial charge in [0, 0.05) is 16.5 Å². The number of rotatable bonds is 8. The van der Waals surface area contributed by atoms with Gasteiger partial charge in [-0.25, -0.2) is 0 Å². The summed E-state index contributed by atoms with van der Waals surface area (Å²) in [4.78, 5) is 0. The van der Waals surface area contributed by atoms with E-state index in [1.807, 2.05) is 12.1 Å². The highest BCUT2D eigenvalue weighted by Gasteiger charge is 2.11. The lowest BCUT2D eigenvalue weighted by atomic mass is 9.95. The summed E-state index contributed by atoms with van der Waals surface area (Å²) in [6.07, 6.45) is 8.90. The molecule has 0 saturated heterocycles. The van der Waals surface area contributed by atoms with Crippen LogP contribution in [0.15, 0.2) is 36.4 Å². The third-order valence-electron chi connectivity index (χ3n) is 4.17. The predicted molar refractivity (Wildman–Crippen MR) is 93.9 cm³/mol. The molecule has 0 bridgehead atoms. The molecule has 0 amide bonds. The lowest BCUT2D eigenvalue weighted by molar-refractivity contribution is 0.549. The molecule has 21 heavy (non-hydrogen) atoms. The second kappa shape index (κ2) is 8.41. The number of unbranched alkanes of at least 4 members (excludes halogenated alkanes) is 5. The first-order valence-electron chi connectivity index (χ1n) is 8.16. The number of benzene rings is 2. The Labute approximate surface area is 133 Å². The number of nitrogens with two attached hydrogens (primary N) is 1. The van der Waals surface area contributed by atoms with Gasteiger partial charge >= 0.3 is 0 Å². The fraction of sp³-hybridized carbons (Fsp3) is 0.474. The van der Waals surface area contributed by atoms with Crippen molar-refractivity contribution >= 4 is 22.4 Å². The minimum absolute atomic E-state index is 0.110. The van der Waals surface area contributed by atoms with Gasteiger partial charge in [0.25, 0.3) is 0 Å². The van der Waals surface area contributed by atoms with Crippen LogP contribution in [0.25, 0.3) is 10.8 Å². The predicted octanol–water partition coefficient (Wildman–Crippen LogP) is 6.24. The Morgan fingerprint density at radius 1 is 0.905 bits per heavy atom. The zero-order valence-corrected chi connectivity index (χ0v) is 13.7. The topological polar surface area (TPSA) is 26.0 Å². The minimum Gasteiger partial charge on any atom is -0.324 e. The molecule has 0 fully saturated rings. The average molecular weight is 304 g/mol. The second-order valence-electron chi connectivity index (χ2n) is 5.85. The lowest BCUT2D eigenvalue weighted by Crippen LogP contribution is -2.10. The molecule has 0 heterocycles. The van der Waals surface area contributed by atoms with Crippen molar-refractivity contribution in [3.8, 4) is 0 Å². The monoisotopic (exact) mass is 303 g/mol. The first kappa shape index (κ1) is 16.3. The van der Waals surface area contributed by atoms with E-state index >= 15 is 0 Å². The molecule has 0 aliphatic carbocycles. The van der Waals surface area contributed by atoms with Crippen molar-refractivity contribution in [3.63, 3.8) is 0 Å². The van der Waals surface area contributed by atoms with Crippen LogP contribution < -0.4 is 5.73 Å². The van der Waals surface area contributed by atoms with Gasteiger partial charge in [-0.1, -0.05) is 87.4 Å². The number of hydrogen-bond acceptors (Lipinski definition) is 1. The molecule has 2 aromatic carbocycles. The largest absolute Gasteiger partial charge is 0.324 e. The van der Waals surface area contributed by atoms with Gasteiger partial charge < -0.3 is 5.73 Å². The van der Waals surface area contributed by atoms with Gasteiger partial charge in [0.05, 0.1) is 0 Å². The maximum absolute atomic E-state index is 6.41. The molecular formula is C19H26ClN. The summed E-state index contributed by atoms with van der Waals surface area (Å²) in [6.45, 7) is 2.25. The lowest BCUT2D eigenvalue weighted by Gasteiger charge is -2.15. The van der Waals surface area contributed by atoms with Gasteiger partial charge in [-0.3, -0.25) is 0 Å². The smallest absolute Gasteiger partial charge is 0.0484 e. The molecular weight excluding hydrogens is 278 g/mol. The fourth-order valence-electron chi connectivity index (χ4n) is 2.91. The molecule has 1 unspecified atom stereocenters. The van der Waals surface area contributed by atoms with Crippen LogP contribution in [0.3, 0.4) is 0 Å². The Hall–Kier alpha value is -1.05. The third kappa shape index (κ3) is 4.46. The zero-order valence-electron chi connectivity index (χ0n) is 12.9. The molecule has 0 saturated carbocycles. The van der Waals surface area contributed by atoms with Crippen molar-refractivity contribution in [1.82, 2.24) is 0 Å². The summed E-state index contributed by atoms with van der Waals surface area (Å²) in [5.74, 6) is 0. The van der Waals surface area contributed by atoms with Crippen LogP contribution in [0.1, 0.15) is 63.5 Å². The first-order valence-corrected chi connectivity index (χ1v) is 8.54. The van der Waals surface area contributed by atoms with Crippen molar-refractivity contribution in [3.05, 3.63) is 47.0 Å². The standard InChI is InChI=1S/C19H26ClN/c1-2-3-4-5-6-7-12-19(21)17-13-14-18(20)16-11-9-8-10-15(16)17/h8-11,13-14,19H,2-7,12,21H2,1H3. The van der Waals surface area contributed by atoms with Crippen LogP contribution >= 0.6 is 11.6 Å². The average Bonchev–Trinajstić information content (AvgIpc) is 2.51. The maximum atomic E-state index is 6.41. The van der Waals surface area contributed by atoms with Crippen LogP contribution in [-0.2, 0) is 0 Å². The quantitative estimate of drug-likeness (QED) is 0.574. The molecule has 0 aliphatic heterocycles. The van der Waals surface area contributed by atoms with Crippen molar-refractivity contribution in [2.45, 2.75) is 57.9 Å². The Bertz CT molecular complexity index is 564. The molecule has 114 valence electrons. The summed E-state index contributed by atoms with van der Waals surface area (Å²) in [7, 11) is 0. The Balaban J connectivity index is 1.97. The highest BCUT2D eigenvalue weighted by molar-refractivity contribution is 6.35. The van der Waals surface area contributed by atoms with E-state index < -0.39 is 0 Å². The molecule has 1 atom stereocenters. The van der Waals surface area contributed by atoms with E-state index in [9.17, 15) is 0 Å². The van der Waals surface area contributed by atoms with E-state index in [0.29, 0.717) is 0 Å². The minimum atomic E-state index is 0.110. The number of hydrogen-bond donors (Lipinski definition) is 1. The molecule has 0 aliphatic rings. The van der Waals surface area contributed by atoms with E-state index in [4.69, 9.17) is 17.3 Å². The van der Waals surface area contributed by atoms with Crippen LogP contribution in [0.2, 0.25) is 5.02 Å². The van der Waals surface area contributed by atoms with Gasteiger partial charge in [-0.15, -0.1) is 0 Å². The molecule has 0 radical (unpaired) electrons. The molecule has 2 rings (SSSR count). The number of halogens is 1. The van der Waals surface area contributed by atoms with Gasteiger partial charge in [0.15, 0.2) is 0 Å². The normalized spacial score (nSPS) is 12.7. The summed E-state index contributed by atoms with van der Waals surface area (Å²) in [6, 6.07) is 12.4. The third-order valence-corrected chi connectivity index (χ3v) is 4.50. The van der Waals surface area contributed by atoms with E-state index in [-0.39, 0.29) is 6.04 Å². The van der Waals surface area contributed by atoms with Crippen LogP contribution in [0.4, 0.5) is 0 Å². The van der Waals surface area contributed by atoms with Gasteiger partial charge in [-0.05, 0) is 23.4 Å². The highest BCUT2D eigenvalue weighted by Crippen LogP contribution is 2.30. The summed E-state index contributed by atoms with van der Waals surface area (Å²) in [5, 5.41) is 3.11. The molecule has 0 aromatic heterocycles. The van der Waals surface area contributed by atoms with Crippen molar-refractivity contribution < 1.29 is 0 Å². The fourth-order valence-corrected chi connectivity index (χ4v) is 3.14. The van der Waals surface area contributed by atoms with Gasteiger partial charge in [-0.2, -0.15) is 0 Å². The van der Waals surface area contributed by atoms with Crippen molar-refractivity contribution in [2.75, 3.05) is 0 Å². The SMILES string of the molecule is CCCCCCCCC(N)c1ccc(Cl)c2ccccc12. The van der Waals surface area contributed by atoms with E-state index in [0.717, 1.165) is 16.8 Å². The first-order chi connectivity index (χ1) is 10.2. The molecule has 1 nitrogen and oxygen atoms in total. The molecule has 2 N–H and O–H groups in total. The Morgan fingerprint density at radius 2 is 1.57 bits per heavy atom. The van der Waals surface area contributed by atoms with Crippen molar-refractivity contribution in [2.24, 2.45) is 5.73 Å². The maximum Gasteiger partial charge on any atom is 0.0484 e. The summed E-state index contributed by atoms with van der Waals surface area (Å²) < 4.78 is 0. The molecule has 0 spiro atoms. The van der Waals surface area contributed by atoms with E-state index in [1.54, 1.807) is 0 Å². The Kier molecular flexibility index (Phi) is 6.53. The Morgan fingerprint density at radius 3 is 2.33 bits per heavy atom. The van der Waals surface area contributed by atoms with E-state index in [1.165, 1.54) is 49.5 Å². The zero-order chi connectivity index (χ0) is 15.1. The summed E-state index contributed by atoms with van der Waals surface area (Å²) >= 11 is 6.27. The van der Waals surface area contributed by atoms with Crippen LogP contribution in [0, 0.1) is 0 Å². The van der Waals surface area contributed by atoms with Crippen molar-refractivity contribution in [1.29, 1.82) is 0 Å². The highest BCUT2D eigenvalue weighted by atomic mass is 35.5. The number of fused-ring (bicyclic) bond motifs is 1. The second-order valence-corrected chi connectivity index (χ2v) is 6.25. The molecule has 2 heteroatoms. The van der Waals surface area contributed by atoms with E-state index in [2.05, 4.69) is 31.2 Å².